The summed E-state index contributed by atoms with van der Waals surface area (Å²) in [5.74, 6) is 0.588. The van der Waals surface area contributed by atoms with Gasteiger partial charge in [0.15, 0.2) is 0 Å². The van der Waals surface area contributed by atoms with Gasteiger partial charge >= 0.3 is 10.1 Å². The molecule has 0 aliphatic rings. The van der Waals surface area contributed by atoms with Gasteiger partial charge < -0.3 is 9.15 Å². The van der Waals surface area contributed by atoms with Crippen LogP contribution >= 0.6 is 0 Å². The first-order chi connectivity index (χ1) is 7.00. The quantitative estimate of drug-likeness (QED) is 0.791. The molecule has 2 rings (SSSR count). The number of furan rings is 1. The highest BCUT2D eigenvalue weighted by molar-refractivity contribution is 7.85. The maximum Gasteiger partial charge on any atom is 0.328 e. The van der Waals surface area contributed by atoms with Gasteiger partial charge in [0.2, 0.25) is 5.09 Å². The topological polar surface area (TPSA) is 76.7 Å². The van der Waals surface area contributed by atoms with Gasteiger partial charge in [-0.15, -0.1) is 0 Å². The van der Waals surface area contributed by atoms with Crippen molar-refractivity contribution in [3.05, 3.63) is 24.3 Å². The Bertz CT molecular complexity index is 596. The normalized spacial score (nSPS) is 11.9. The van der Waals surface area contributed by atoms with Crippen molar-refractivity contribution >= 4 is 21.1 Å². The van der Waals surface area contributed by atoms with Crippen LogP contribution in [0.1, 0.15) is 0 Å². The Morgan fingerprint density at radius 3 is 2.67 bits per heavy atom. The molecule has 0 bridgehead atoms. The van der Waals surface area contributed by atoms with Crippen LogP contribution in [0.3, 0.4) is 0 Å². The second kappa shape index (κ2) is 3.25. The fourth-order valence-electron chi connectivity index (χ4n) is 1.25. The predicted molar refractivity (Wildman–Crippen MR) is 52.6 cm³/mol. The van der Waals surface area contributed by atoms with E-state index in [0.717, 1.165) is 0 Å². The smallest absolute Gasteiger partial charge is 0.328 e. The van der Waals surface area contributed by atoms with E-state index < -0.39 is 15.2 Å². The van der Waals surface area contributed by atoms with Gasteiger partial charge in [-0.25, -0.2) is 0 Å². The van der Waals surface area contributed by atoms with Crippen LogP contribution in [0.2, 0.25) is 0 Å². The lowest BCUT2D eigenvalue weighted by Crippen LogP contribution is -1.94. The van der Waals surface area contributed by atoms with Gasteiger partial charge in [-0.2, -0.15) is 8.42 Å². The zero-order chi connectivity index (χ0) is 11.1. The van der Waals surface area contributed by atoms with Gasteiger partial charge in [0.05, 0.1) is 7.11 Å². The molecular formula is C9H8O5S. The summed E-state index contributed by atoms with van der Waals surface area (Å²) < 4.78 is 40.2. The second-order valence-corrected chi connectivity index (χ2v) is 4.30. The minimum absolute atomic E-state index is 0.378. The molecule has 2 aromatic rings. The summed E-state index contributed by atoms with van der Waals surface area (Å²) in [7, 11) is -2.79. The maximum absolute atomic E-state index is 10.8. The van der Waals surface area contributed by atoms with Crippen LogP contribution in [-0.2, 0) is 10.1 Å². The summed E-state index contributed by atoms with van der Waals surface area (Å²) in [6, 6.07) is 6.07. The molecule has 0 fully saturated rings. The van der Waals surface area contributed by atoms with E-state index in [0.29, 0.717) is 16.7 Å². The van der Waals surface area contributed by atoms with E-state index in [1.165, 1.54) is 13.2 Å². The standard InChI is InChI=1S/C9H8O5S/c1-13-7-2-3-8-6(4-7)5-9(14-8)15(10,11)12/h2-5H,1H3,(H,10,11,12). The molecule has 6 heteroatoms. The Balaban J connectivity index is 2.66. The average Bonchev–Trinajstić information content (AvgIpc) is 2.59. The molecule has 0 radical (unpaired) electrons. The average molecular weight is 228 g/mol. The lowest BCUT2D eigenvalue weighted by Gasteiger charge is -1.96. The summed E-state index contributed by atoms with van der Waals surface area (Å²) in [5, 5.41) is 0.0905. The summed E-state index contributed by atoms with van der Waals surface area (Å²) in [6.07, 6.45) is 0. The van der Waals surface area contributed by atoms with Crippen LogP contribution in [0.5, 0.6) is 5.75 Å². The van der Waals surface area contributed by atoms with Crippen molar-refractivity contribution in [2.45, 2.75) is 5.09 Å². The van der Waals surface area contributed by atoms with E-state index in [-0.39, 0.29) is 0 Å². The van der Waals surface area contributed by atoms with Crippen molar-refractivity contribution in [2.24, 2.45) is 0 Å². The molecule has 1 heterocycles. The Morgan fingerprint density at radius 1 is 1.33 bits per heavy atom. The third-order valence-corrected chi connectivity index (χ3v) is 2.66. The largest absolute Gasteiger partial charge is 0.497 e. The summed E-state index contributed by atoms with van der Waals surface area (Å²) >= 11 is 0. The van der Waals surface area contributed by atoms with Crippen LogP contribution in [0.15, 0.2) is 33.8 Å². The van der Waals surface area contributed by atoms with Crippen LogP contribution in [0.25, 0.3) is 11.0 Å². The lowest BCUT2D eigenvalue weighted by molar-refractivity contribution is 0.414. The molecule has 15 heavy (non-hydrogen) atoms. The zero-order valence-electron chi connectivity index (χ0n) is 7.80. The highest BCUT2D eigenvalue weighted by Crippen LogP contribution is 2.26. The fraction of sp³-hybridized carbons (Fsp3) is 0.111. The van der Waals surface area contributed by atoms with Gasteiger partial charge in [-0.05, 0) is 18.2 Å². The third kappa shape index (κ3) is 1.81. The summed E-state index contributed by atoms with van der Waals surface area (Å²) in [5.41, 5.74) is 0.378. The minimum Gasteiger partial charge on any atom is -0.497 e. The van der Waals surface area contributed by atoms with E-state index in [9.17, 15) is 8.42 Å². The van der Waals surface area contributed by atoms with E-state index in [1.54, 1.807) is 18.2 Å². The number of ether oxygens (including phenoxy) is 1. The molecule has 1 N–H and O–H groups in total. The van der Waals surface area contributed by atoms with E-state index in [1.807, 2.05) is 0 Å². The van der Waals surface area contributed by atoms with Crippen molar-refractivity contribution in [1.82, 2.24) is 0 Å². The van der Waals surface area contributed by atoms with Crippen LogP contribution in [-0.4, -0.2) is 20.1 Å². The second-order valence-electron chi connectivity index (χ2n) is 2.94. The van der Waals surface area contributed by atoms with Crippen LogP contribution in [0.4, 0.5) is 0 Å². The summed E-state index contributed by atoms with van der Waals surface area (Å²) in [6.45, 7) is 0. The highest BCUT2D eigenvalue weighted by Gasteiger charge is 2.15. The number of hydrogen-bond donors (Lipinski definition) is 1. The molecule has 1 aromatic carbocycles. The molecule has 0 unspecified atom stereocenters. The predicted octanol–water partition coefficient (Wildman–Crippen LogP) is 1.69. The monoisotopic (exact) mass is 228 g/mol. The summed E-state index contributed by atoms with van der Waals surface area (Å²) in [4.78, 5) is 0. The first-order valence-corrected chi connectivity index (χ1v) is 5.50. The fourth-order valence-corrected chi connectivity index (χ4v) is 1.72. The highest BCUT2D eigenvalue weighted by atomic mass is 32.2. The molecule has 80 valence electrons. The Labute approximate surface area is 86.0 Å². The van der Waals surface area contributed by atoms with Crippen LogP contribution < -0.4 is 4.74 Å². The van der Waals surface area contributed by atoms with Gasteiger partial charge in [-0.3, -0.25) is 4.55 Å². The van der Waals surface area contributed by atoms with Gasteiger partial charge in [-0.1, -0.05) is 0 Å². The van der Waals surface area contributed by atoms with Gasteiger partial charge in [0, 0.05) is 11.5 Å². The number of methoxy groups -OCH3 is 1. The Morgan fingerprint density at radius 2 is 2.07 bits per heavy atom. The SMILES string of the molecule is COc1ccc2oc(S(=O)(=O)O)cc2c1. The maximum atomic E-state index is 10.8. The Kier molecular flexibility index (Phi) is 2.17. The molecule has 0 saturated carbocycles. The molecule has 5 nitrogen and oxygen atoms in total. The molecule has 0 spiro atoms. The zero-order valence-corrected chi connectivity index (χ0v) is 8.61. The van der Waals surface area contributed by atoms with E-state index in [2.05, 4.69) is 0 Å². The Hall–Kier alpha value is -1.53. The van der Waals surface area contributed by atoms with E-state index >= 15 is 0 Å². The first-order valence-electron chi connectivity index (χ1n) is 4.06. The molecule has 0 aliphatic heterocycles. The van der Waals surface area contributed by atoms with Crippen molar-refractivity contribution in [3.63, 3.8) is 0 Å². The van der Waals surface area contributed by atoms with Crippen molar-refractivity contribution in [3.8, 4) is 5.75 Å². The first kappa shape index (κ1) is 10.0. The number of hydrogen-bond acceptors (Lipinski definition) is 4. The molecule has 0 aliphatic carbocycles. The van der Waals surface area contributed by atoms with Crippen molar-refractivity contribution in [2.75, 3.05) is 7.11 Å². The van der Waals surface area contributed by atoms with Gasteiger partial charge in [0.1, 0.15) is 11.3 Å². The van der Waals surface area contributed by atoms with Crippen molar-refractivity contribution < 1.29 is 22.1 Å². The van der Waals surface area contributed by atoms with Crippen LogP contribution in [0, 0.1) is 0 Å². The third-order valence-electron chi connectivity index (χ3n) is 1.96. The number of fused-ring (bicyclic) bond motifs is 1. The molecule has 1 aromatic heterocycles. The lowest BCUT2D eigenvalue weighted by atomic mass is 10.2. The van der Waals surface area contributed by atoms with E-state index in [4.69, 9.17) is 13.7 Å². The molecule has 0 amide bonds. The van der Waals surface area contributed by atoms with Gasteiger partial charge in [0.25, 0.3) is 0 Å². The number of rotatable bonds is 2. The molecule has 0 saturated heterocycles. The van der Waals surface area contributed by atoms with Crippen molar-refractivity contribution in [1.29, 1.82) is 0 Å². The minimum atomic E-state index is -4.29. The molecule has 0 atom stereocenters. The molecular weight excluding hydrogens is 220 g/mol. The number of benzene rings is 1.